The highest BCUT2D eigenvalue weighted by Gasteiger charge is 2.36. The lowest BCUT2D eigenvalue weighted by Gasteiger charge is -2.48. The molecule has 3 heteroatoms. The second-order valence-electron chi connectivity index (χ2n) is 5.99. The fourth-order valence-electron chi connectivity index (χ4n) is 2.98. The molecule has 1 aliphatic heterocycles. The Morgan fingerprint density at radius 3 is 2.75 bits per heavy atom. The molecule has 112 valence electrons. The second-order valence-corrected chi connectivity index (χ2v) is 6.97. The maximum atomic E-state index is 3.75. The van der Waals surface area contributed by atoms with Gasteiger partial charge in [0.1, 0.15) is 0 Å². The minimum absolute atomic E-state index is 0.309. The van der Waals surface area contributed by atoms with Crippen LogP contribution in [0.2, 0.25) is 0 Å². The van der Waals surface area contributed by atoms with E-state index in [2.05, 4.69) is 60.7 Å². The van der Waals surface area contributed by atoms with E-state index >= 15 is 0 Å². The third kappa shape index (κ3) is 3.78. The summed E-state index contributed by atoms with van der Waals surface area (Å²) in [6.07, 6.45) is 4.70. The molecular weight excluding hydrogens is 264 g/mol. The van der Waals surface area contributed by atoms with Crippen LogP contribution < -0.4 is 5.32 Å². The fourth-order valence-corrected chi connectivity index (χ4v) is 3.40. The van der Waals surface area contributed by atoms with E-state index in [1.54, 1.807) is 0 Å². The van der Waals surface area contributed by atoms with Gasteiger partial charge in [-0.15, -0.1) is 0 Å². The maximum Gasteiger partial charge on any atom is 0.0450 e. The molecule has 1 fully saturated rings. The molecule has 1 aliphatic rings. The average Bonchev–Trinajstić information content (AvgIpc) is 2.50. The first-order chi connectivity index (χ1) is 9.69. The Morgan fingerprint density at radius 2 is 2.10 bits per heavy atom. The van der Waals surface area contributed by atoms with Crippen molar-refractivity contribution in [3.05, 3.63) is 35.9 Å². The predicted molar refractivity (Wildman–Crippen MR) is 90.5 cm³/mol. The van der Waals surface area contributed by atoms with E-state index in [4.69, 9.17) is 0 Å². The highest BCUT2D eigenvalue weighted by molar-refractivity contribution is 7.98. The SMILES string of the molecule is CCC1(C)CNC(c2ccccc2)CN1CCCSC. The van der Waals surface area contributed by atoms with Gasteiger partial charge in [0.05, 0.1) is 0 Å². The van der Waals surface area contributed by atoms with Crippen molar-refractivity contribution in [1.29, 1.82) is 0 Å². The summed E-state index contributed by atoms with van der Waals surface area (Å²) in [5.74, 6) is 1.26. The molecule has 2 rings (SSSR count). The molecule has 1 N–H and O–H groups in total. The molecule has 2 nitrogen and oxygen atoms in total. The Morgan fingerprint density at radius 1 is 1.35 bits per heavy atom. The van der Waals surface area contributed by atoms with Gasteiger partial charge in [-0.3, -0.25) is 4.90 Å². The summed E-state index contributed by atoms with van der Waals surface area (Å²) in [5, 5.41) is 3.75. The molecule has 0 radical (unpaired) electrons. The Kier molecular flexibility index (Phi) is 5.94. The normalized spacial score (nSPS) is 27.6. The van der Waals surface area contributed by atoms with Crippen LogP contribution in [0.25, 0.3) is 0 Å². The van der Waals surface area contributed by atoms with Crippen LogP contribution in [0.3, 0.4) is 0 Å². The lowest BCUT2D eigenvalue weighted by Crippen LogP contribution is -2.60. The molecule has 0 aromatic heterocycles. The molecular formula is C17H28N2S. The highest BCUT2D eigenvalue weighted by atomic mass is 32.2. The summed E-state index contributed by atoms with van der Waals surface area (Å²) in [5.41, 5.74) is 1.73. The zero-order chi connectivity index (χ0) is 14.4. The minimum atomic E-state index is 0.309. The quantitative estimate of drug-likeness (QED) is 0.807. The van der Waals surface area contributed by atoms with Crippen molar-refractivity contribution >= 4 is 11.8 Å². The Bertz CT molecular complexity index is 395. The van der Waals surface area contributed by atoms with Gasteiger partial charge in [-0.05, 0) is 43.9 Å². The van der Waals surface area contributed by atoms with Gasteiger partial charge in [0.25, 0.3) is 0 Å². The van der Waals surface area contributed by atoms with Gasteiger partial charge in [-0.1, -0.05) is 37.3 Å². The van der Waals surface area contributed by atoms with E-state index < -0.39 is 0 Å². The van der Waals surface area contributed by atoms with Gasteiger partial charge in [0, 0.05) is 24.7 Å². The third-order valence-electron chi connectivity index (χ3n) is 4.64. The van der Waals surface area contributed by atoms with Gasteiger partial charge in [0.15, 0.2) is 0 Å². The standard InChI is InChI=1S/C17H28N2S/c1-4-17(2)14-18-16(15-9-6-5-7-10-15)13-19(17)11-8-12-20-3/h5-7,9-10,16,18H,4,8,11-14H2,1-3H3. The van der Waals surface area contributed by atoms with Crippen LogP contribution in [-0.4, -0.2) is 42.1 Å². The van der Waals surface area contributed by atoms with Crippen molar-refractivity contribution < 1.29 is 0 Å². The zero-order valence-electron chi connectivity index (χ0n) is 13.1. The molecule has 0 bridgehead atoms. The molecule has 2 unspecified atom stereocenters. The van der Waals surface area contributed by atoms with Crippen molar-refractivity contribution in [3.8, 4) is 0 Å². The largest absolute Gasteiger partial charge is 0.307 e. The van der Waals surface area contributed by atoms with Crippen LogP contribution in [-0.2, 0) is 0 Å². The zero-order valence-corrected chi connectivity index (χ0v) is 13.9. The maximum absolute atomic E-state index is 3.75. The number of rotatable bonds is 6. The summed E-state index contributed by atoms with van der Waals surface area (Å²) in [6, 6.07) is 11.3. The van der Waals surface area contributed by atoms with E-state index in [-0.39, 0.29) is 0 Å². The van der Waals surface area contributed by atoms with E-state index in [1.807, 2.05) is 11.8 Å². The van der Waals surface area contributed by atoms with Crippen LogP contribution in [0.15, 0.2) is 30.3 Å². The van der Waals surface area contributed by atoms with Gasteiger partial charge in [-0.25, -0.2) is 0 Å². The van der Waals surface area contributed by atoms with Gasteiger partial charge >= 0.3 is 0 Å². The van der Waals surface area contributed by atoms with Crippen LogP contribution in [0.5, 0.6) is 0 Å². The van der Waals surface area contributed by atoms with E-state index in [1.165, 1.54) is 30.7 Å². The van der Waals surface area contributed by atoms with Crippen molar-refractivity contribution in [2.45, 2.75) is 38.3 Å². The number of hydrogen-bond acceptors (Lipinski definition) is 3. The molecule has 1 aromatic rings. The van der Waals surface area contributed by atoms with Gasteiger partial charge in [-0.2, -0.15) is 11.8 Å². The molecule has 1 saturated heterocycles. The molecule has 0 amide bonds. The monoisotopic (exact) mass is 292 g/mol. The predicted octanol–water partition coefficient (Wildman–Crippen LogP) is 3.55. The smallest absolute Gasteiger partial charge is 0.0450 e. The third-order valence-corrected chi connectivity index (χ3v) is 5.33. The fraction of sp³-hybridized carbons (Fsp3) is 0.647. The Labute approximate surface area is 128 Å². The molecule has 0 spiro atoms. The van der Waals surface area contributed by atoms with Crippen molar-refractivity contribution in [2.75, 3.05) is 31.6 Å². The number of benzene rings is 1. The van der Waals surface area contributed by atoms with Crippen LogP contribution in [0.4, 0.5) is 0 Å². The number of nitrogens with zero attached hydrogens (tertiary/aromatic N) is 1. The van der Waals surface area contributed by atoms with Crippen LogP contribution in [0, 0.1) is 0 Å². The van der Waals surface area contributed by atoms with E-state index in [0.29, 0.717) is 11.6 Å². The summed E-state index contributed by atoms with van der Waals surface area (Å²) >= 11 is 1.95. The van der Waals surface area contributed by atoms with Crippen LogP contribution >= 0.6 is 11.8 Å². The first kappa shape index (κ1) is 15.9. The Hall–Kier alpha value is -0.510. The first-order valence-corrected chi connectivity index (χ1v) is 9.11. The van der Waals surface area contributed by atoms with Crippen molar-refractivity contribution in [1.82, 2.24) is 10.2 Å². The topological polar surface area (TPSA) is 15.3 Å². The number of hydrogen-bond donors (Lipinski definition) is 1. The summed E-state index contributed by atoms with van der Waals surface area (Å²) < 4.78 is 0. The number of nitrogens with one attached hydrogen (secondary N) is 1. The molecule has 2 atom stereocenters. The van der Waals surface area contributed by atoms with Crippen LogP contribution in [0.1, 0.15) is 38.3 Å². The molecule has 1 aromatic carbocycles. The van der Waals surface area contributed by atoms with Gasteiger partial charge in [0.2, 0.25) is 0 Å². The first-order valence-electron chi connectivity index (χ1n) is 7.72. The molecule has 20 heavy (non-hydrogen) atoms. The highest BCUT2D eigenvalue weighted by Crippen LogP contribution is 2.28. The molecule has 0 aliphatic carbocycles. The lowest BCUT2D eigenvalue weighted by atomic mass is 9.90. The van der Waals surface area contributed by atoms with Gasteiger partial charge < -0.3 is 5.32 Å². The van der Waals surface area contributed by atoms with Crippen molar-refractivity contribution in [3.63, 3.8) is 0 Å². The molecule has 0 saturated carbocycles. The van der Waals surface area contributed by atoms with Crippen molar-refractivity contribution in [2.24, 2.45) is 0 Å². The number of piperazine rings is 1. The molecule has 1 heterocycles. The summed E-state index contributed by atoms with van der Waals surface area (Å²) in [6.45, 7) is 8.15. The van der Waals surface area contributed by atoms with E-state index in [9.17, 15) is 0 Å². The summed E-state index contributed by atoms with van der Waals surface area (Å²) in [7, 11) is 0. The summed E-state index contributed by atoms with van der Waals surface area (Å²) in [4.78, 5) is 2.71. The Balaban J connectivity index is 2.04. The number of thioether (sulfide) groups is 1. The minimum Gasteiger partial charge on any atom is -0.307 e. The van der Waals surface area contributed by atoms with E-state index in [0.717, 1.165) is 13.1 Å². The second kappa shape index (κ2) is 7.48. The lowest BCUT2D eigenvalue weighted by molar-refractivity contribution is 0.0491. The average molecular weight is 292 g/mol.